The zero-order valence-corrected chi connectivity index (χ0v) is 10.6. The smallest absolute Gasteiger partial charge is 0.388 e. The summed E-state index contributed by atoms with van der Waals surface area (Å²) in [5, 5.41) is 30.2. The Balaban J connectivity index is 4.55. The Kier molecular flexibility index (Phi) is 7.04. The van der Waals surface area contributed by atoms with E-state index in [1.165, 1.54) is 0 Å². The first-order valence-electron chi connectivity index (χ1n) is 4.97. The lowest BCUT2D eigenvalue weighted by atomic mass is 10.0. The fourth-order valence-electron chi connectivity index (χ4n) is 1.13. The predicted octanol–water partition coefficient (Wildman–Crippen LogP) is -3.41. The molecule has 0 aliphatic carbocycles. The fraction of sp³-hybridized carbons (Fsp3) is 0.750. The van der Waals surface area contributed by atoms with Crippen molar-refractivity contribution in [1.82, 2.24) is 5.32 Å². The Morgan fingerprint density at radius 2 is 1.84 bits per heavy atom. The minimum Gasteiger partial charge on any atom is -0.388 e. The van der Waals surface area contributed by atoms with Gasteiger partial charge in [-0.1, -0.05) is 0 Å². The Morgan fingerprint density at radius 1 is 1.32 bits per heavy atom. The predicted molar refractivity (Wildman–Crippen MR) is 59.2 cm³/mol. The highest BCUT2D eigenvalue weighted by Gasteiger charge is 2.32. The number of hydrogen-bond donors (Lipinski definition) is 5. The van der Waals surface area contributed by atoms with Gasteiger partial charge < -0.3 is 25.4 Å². The first-order chi connectivity index (χ1) is 8.58. The van der Waals surface area contributed by atoms with Crippen molar-refractivity contribution in [3.63, 3.8) is 0 Å². The number of hydrogen-bond acceptors (Lipinski definition) is 8. The van der Waals surface area contributed by atoms with Crippen LogP contribution in [0, 0.1) is 0 Å². The molecule has 4 atom stereocenters. The van der Waals surface area contributed by atoms with Crippen LogP contribution in [0.2, 0.25) is 0 Å². The van der Waals surface area contributed by atoms with E-state index < -0.39 is 47.3 Å². The highest BCUT2D eigenvalue weighted by atomic mass is 32.3. The lowest BCUT2D eigenvalue weighted by Crippen LogP contribution is -2.53. The Hall–Kier alpha value is -1.11. The van der Waals surface area contributed by atoms with E-state index in [2.05, 4.69) is 4.18 Å². The molecule has 0 aromatic heterocycles. The molecule has 19 heavy (non-hydrogen) atoms. The third-order valence-electron chi connectivity index (χ3n) is 2.02. The third kappa shape index (κ3) is 7.15. The summed E-state index contributed by atoms with van der Waals surface area (Å²) in [4.78, 5) is 21.3. The van der Waals surface area contributed by atoms with E-state index in [0.717, 1.165) is 6.92 Å². The number of aliphatic hydroxyl groups is 3. The quantitative estimate of drug-likeness (QED) is 0.226. The number of nitrogens with one attached hydrogen (secondary N) is 1. The van der Waals surface area contributed by atoms with Crippen molar-refractivity contribution in [2.24, 2.45) is 0 Å². The minimum absolute atomic E-state index is 0.131. The second-order valence-electron chi connectivity index (χ2n) is 3.62. The first-order valence-corrected chi connectivity index (χ1v) is 6.33. The summed E-state index contributed by atoms with van der Waals surface area (Å²) in [5.74, 6) is -0.660. The summed E-state index contributed by atoms with van der Waals surface area (Å²) in [6.07, 6.45) is -5.65. The van der Waals surface area contributed by atoms with Crippen LogP contribution in [0.3, 0.4) is 0 Å². The molecule has 0 saturated heterocycles. The molecule has 0 aliphatic heterocycles. The van der Waals surface area contributed by atoms with Crippen LogP contribution in [0.4, 0.5) is 0 Å². The number of carbonyl (C=O) groups is 2. The van der Waals surface area contributed by atoms with Crippen LogP contribution >= 0.6 is 0 Å². The van der Waals surface area contributed by atoms with Gasteiger partial charge in [0.2, 0.25) is 5.91 Å². The number of carbonyl (C=O) groups excluding carboxylic acids is 2. The first kappa shape index (κ1) is 17.9. The van der Waals surface area contributed by atoms with Crippen molar-refractivity contribution in [2.45, 2.75) is 31.3 Å². The van der Waals surface area contributed by atoms with Gasteiger partial charge in [-0.05, 0) is 0 Å². The molecular formula is C8H15NO9S. The van der Waals surface area contributed by atoms with Crippen molar-refractivity contribution >= 4 is 22.6 Å². The summed E-state index contributed by atoms with van der Waals surface area (Å²) < 4.78 is 32.5. The van der Waals surface area contributed by atoms with Crippen LogP contribution in [0.15, 0.2) is 0 Å². The molecular weight excluding hydrogens is 286 g/mol. The molecule has 0 rings (SSSR count). The topological polar surface area (TPSA) is 170 Å². The van der Waals surface area contributed by atoms with Gasteiger partial charge in [-0.25, -0.2) is 4.18 Å². The zero-order valence-electron chi connectivity index (χ0n) is 9.83. The maximum Gasteiger partial charge on any atom is 0.397 e. The lowest BCUT2D eigenvalue weighted by molar-refractivity contribution is -0.129. The standard InChI is InChI=1S/C8H15NO9S/c1-4(11)9-5(2-10)7(13)8(14)6(12)3-18-19(15,16)17/h2,5-8,12-14H,3H2,1H3,(H,9,11)(H,15,16,17)/t5-,6-,7-,8-/m1/s1. The van der Waals surface area contributed by atoms with Gasteiger partial charge in [0, 0.05) is 6.92 Å². The monoisotopic (exact) mass is 301 g/mol. The molecule has 10 nitrogen and oxygen atoms in total. The Labute approximate surface area is 109 Å². The van der Waals surface area contributed by atoms with Crippen molar-refractivity contribution in [1.29, 1.82) is 0 Å². The molecule has 0 aromatic rings. The third-order valence-corrected chi connectivity index (χ3v) is 2.45. The molecule has 1 amide bonds. The molecule has 0 radical (unpaired) electrons. The van der Waals surface area contributed by atoms with E-state index in [0.29, 0.717) is 0 Å². The molecule has 0 aliphatic rings. The van der Waals surface area contributed by atoms with Crippen LogP contribution in [-0.2, 0) is 24.2 Å². The summed E-state index contributed by atoms with van der Waals surface area (Å²) in [6, 6.07) is -1.49. The van der Waals surface area contributed by atoms with Gasteiger partial charge in [0.15, 0.2) is 0 Å². The average molecular weight is 301 g/mol. The van der Waals surface area contributed by atoms with Gasteiger partial charge in [0.25, 0.3) is 0 Å². The van der Waals surface area contributed by atoms with E-state index in [1.807, 2.05) is 5.32 Å². The van der Waals surface area contributed by atoms with Crippen molar-refractivity contribution in [3.8, 4) is 0 Å². The van der Waals surface area contributed by atoms with Gasteiger partial charge in [0.1, 0.15) is 30.6 Å². The number of aliphatic hydroxyl groups excluding tert-OH is 3. The van der Waals surface area contributed by atoms with Crippen LogP contribution < -0.4 is 5.32 Å². The summed E-state index contributed by atoms with van der Waals surface area (Å²) in [7, 11) is -4.82. The SMILES string of the molecule is CC(=O)N[C@H](C=O)[C@@H](O)[C@H](O)[C@H](O)COS(=O)(=O)O. The second kappa shape index (κ2) is 7.47. The van der Waals surface area contributed by atoms with E-state index in [9.17, 15) is 33.3 Å². The number of aldehydes is 1. The largest absolute Gasteiger partial charge is 0.397 e. The molecule has 0 aromatic carbocycles. The molecule has 0 unspecified atom stereocenters. The summed E-state index contributed by atoms with van der Waals surface area (Å²) >= 11 is 0. The van der Waals surface area contributed by atoms with Gasteiger partial charge >= 0.3 is 10.4 Å². The van der Waals surface area contributed by atoms with E-state index in [-0.39, 0.29) is 6.29 Å². The molecule has 0 spiro atoms. The minimum atomic E-state index is -4.82. The fourth-order valence-corrected chi connectivity index (χ4v) is 1.44. The van der Waals surface area contributed by atoms with Gasteiger partial charge in [-0.3, -0.25) is 9.35 Å². The highest BCUT2D eigenvalue weighted by molar-refractivity contribution is 7.80. The number of rotatable bonds is 8. The molecule has 0 bridgehead atoms. The van der Waals surface area contributed by atoms with Gasteiger partial charge in [-0.15, -0.1) is 0 Å². The maximum atomic E-state index is 10.7. The Bertz CT molecular complexity index is 408. The van der Waals surface area contributed by atoms with E-state index in [1.54, 1.807) is 0 Å². The van der Waals surface area contributed by atoms with Crippen LogP contribution in [0.5, 0.6) is 0 Å². The highest BCUT2D eigenvalue weighted by Crippen LogP contribution is 2.06. The van der Waals surface area contributed by atoms with Crippen LogP contribution in [0.1, 0.15) is 6.92 Å². The lowest BCUT2D eigenvalue weighted by Gasteiger charge is -2.26. The average Bonchev–Trinajstić information content (AvgIpc) is 2.29. The second-order valence-corrected chi connectivity index (χ2v) is 4.71. The van der Waals surface area contributed by atoms with E-state index >= 15 is 0 Å². The zero-order chi connectivity index (χ0) is 15.2. The Morgan fingerprint density at radius 3 is 2.21 bits per heavy atom. The number of amides is 1. The molecule has 112 valence electrons. The van der Waals surface area contributed by atoms with Crippen molar-refractivity contribution in [3.05, 3.63) is 0 Å². The van der Waals surface area contributed by atoms with E-state index in [4.69, 9.17) is 4.55 Å². The molecule has 0 saturated carbocycles. The molecule has 0 fully saturated rings. The van der Waals surface area contributed by atoms with Crippen LogP contribution in [-0.4, -0.2) is 71.4 Å². The van der Waals surface area contributed by atoms with Crippen LogP contribution in [0.25, 0.3) is 0 Å². The summed E-state index contributed by atoms with van der Waals surface area (Å²) in [5.41, 5.74) is 0. The van der Waals surface area contributed by atoms with Gasteiger partial charge in [0.05, 0.1) is 6.61 Å². The molecule has 5 N–H and O–H groups in total. The molecule has 0 heterocycles. The van der Waals surface area contributed by atoms with Crippen molar-refractivity contribution < 1.29 is 42.1 Å². The molecule has 11 heteroatoms. The summed E-state index contributed by atoms with van der Waals surface area (Å²) in [6.45, 7) is 0.0240. The van der Waals surface area contributed by atoms with Crippen molar-refractivity contribution in [2.75, 3.05) is 6.61 Å². The maximum absolute atomic E-state index is 10.7. The normalized spacial score (nSPS) is 18.2. The van der Waals surface area contributed by atoms with Gasteiger partial charge in [-0.2, -0.15) is 8.42 Å².